The monoisotopic (exact) mass is 291 g/mol. The Morgan fingerprint density at radius 2 is 2.10 bits per heavy atom. The van der Waals surface area contributed by atoms with E-state index in [1.807, 2.05) is 6.20 Å². The van der Waals surface area contributed by atoms with Gasteiger partial charge in [0.2, 0.25) is 0 Å². The third-order valence-corrected chi connectivity index (χ3v) is 5.00. The maximum atomic E-state index is 4.75. The fraction of sp³-hybridized carbons (Fsp3) is 0.833. The highest BCUT2D eigenvalue weighted by atomic mass is 15.1. The minimum Gasteiger partial charge on any atom is -0.335 e. The number of aromatic nitrogens is 2. The van der Waals surface area contributed by atoms with E-state index in [1.54, 1.807) is 0 Å². The third-order valence-electron chi connectivity index (χ3n) is 5.00. The average molecular weight is 291 g/mol. The fourth-order valence-electron chi connectivity index (χ4n) is 3.96. The molecule has 2 rings (SSSR count). The standard InChI is InChI=1S/C18H33N3/c1-4-7-15-8-9-16(14-19-6-3)17(13-15)18-20-10-12-21(18)11-5-2/h10,12,15-17,19H,4-9,11,13-14H2,1-3H3. The van der Waals surface area contributed by atoms with Crippen LogP contribution in [-0.2, 0) is 6.54 Å². The van der Waals surface area contributed by atoms with Gasteiger partial charge in [-0.3, -0.25) is 0 Å². The summed E-state index contributed by atoms with van der Waals surface area (Å²) in [5, 5.41) is 3.57. The molecule has 0 amide bonds. The van der Waals surface area contributed by atoms with Gasteiger partial charge in [-0.25, -0.2) is 4.98 Å². The Kier molecular flexibility index (Phi) is 6.75. The van der Waals surface area contributed by atoms with Gasteiger partial charge in [-0.1, -0.05) is 40.0 Å². The molecule has 21 heavy (non-hydrogen) atoms. The lowest BCUT2D eigenvalue weighted by molar-refractivity contribution is 0.211. The molecular formula is C18H33N3. The molecule has 0 aliphatic heterocycles. The molecule has 3 heteroatoms. The van der Waals surface area contributed by atoms with Crippen LogP contribution in [0.2, 0.25) is 0 Å². The summed E-state index contributed by atoms with van der Waals surface area (Å²) in [6.45, 7) is 10.1. The first-order valence-corrected chi connectivity index (χ1v) is 9.01. The summed E-state index contributed by atoms with van der Waals surface area (Å²) in [5.74, 6) is 3.66. The van der Waals surface area contributed by atoms with E-state index in [9.17, 15) is 0 Å². The van der Waals surface area contributed by atoms with Crippen LogP contribution in [0.1, 0.15) is 71.0 Å². The van der Waals surface area contributed by atoms with Crippen LogP contribution >= 0.6 is 0 Å². The number of hydrogen-bond acceptors (Lipinski definition) is 2. The molecule has 0 radical (unpaired) electrons. The van der Waals surface area contributed by atoms with Gasteiger partial charge in [0.1, 0.15) is 5.82 Å². The number of rotatable bonds is 8. The van der Waals surface area contributed by atoms with E-state index in [2.05, 4.69) is 36.9 Å². The predicted molar refractivity (Wildman–Crippen MR) is 89.5 cm³/mol. The second-order valence-corrected chi connectivity index (χ2v) is 6.62. The fourth-order valence-corrected chi connectivity index (χ4v) is 3.96. The highest BCUT2D eigenvalue weighted by Gasteiger charge is 2.33. The third kappa shape index (κ3) is 4.32. The van der Waals surface area contributed by atoms with Crippen LogP contribution in [0.5, 0.6) is 0 Å². The normalized spacial score (nSPS) is 26.1. The van der Waals surface area contributed by atoms with Gasteiger partial charge >= 0.3 is 0 Å². The molecule has 120 valence electrons. The Morgan fingerprint density at radius 1 is 1.24 bits per heavy atom. The van der Waals surface area contributed by atoms with Crippen molar-refractivity contribution in [2.75, 3.05) is 13.1 Å². The van der Waals surface area contributed by atoms with Crippen molar-refractivity contribution >= 4 is 0 Å². The molecule has 3 nitrogen and oxygen atoms in total. The number of hydrogen-bond donors (Lipinski definition) is 1. The van der Waals surface area contributed by atoms with Gasteiger partial charge in [0.15, 0.2) is 0 Å². The molecule has 1 fully saturated rings. The van der Waals surface area contributed by atoms with Gasteiger partial charge in [0.05, 0.1) is 0 Å². The van der Waals surface area contributed by atoms with E-state index in [1.165, 1.54) is 44.3 Å². The average Bonchev–Trinajstić information content (AvgIpc) is 2.95. The smallest absolute Gasteiger partial charge is 0.112 e. The molecular weight excluding hydrogens is 258 g/mol. The zero-order valence-corrected chi connectivity index (χ0v) is 14.1. The van der Waals surface area contributed by atoms with E-state index in [-0.39, 0.29) is 0 Å². The topological polar surface area (TPSA) is 29.9 Å². The van der Waals surface area contributed by atoms with Crippen molar-refractivity contribution in [3.05, 3.63) is 18.2 Å². The van der Waals surface area contributed by atoms with Crippen LogP contribution in [0, 0.1) is 11.8 Å². The Labute approximate surface area is 130 Å². The minimum absolute atomic E-state index is 0.649. The van der Waals surface area contributed by atoms with Gasteiger partial charge in [-0.05, 0) is 44.2 Å². The summed E-state index contributed by atoms with van der Waals surface area (Å²) in [6, 6.07) is 0. The second-order valence-electron chi connectivity index (χ2n) is 6.62. The van der Waals surface area contributed by atoms with Crippen LogP contribution in [0.3, 0.4) is 0 Å². The molecule has 3 atom stereocenters. The molecule has 0 aromatic carbocycles. The molecule has 0 saturated heterocycles. The first kappa shape index (κ1) is 16.5. The summed E-state index contributed by atoms with van der Waals surface area (Å²) in [4.78, 5) is 4.75. The van der Waals surface area contributed by atoms with Crippen LogP contribution < -0.4 is 5.32 Å². The summed E-state index contributed by atoms with van der Waals surface area (Å²) in [7, 11) is 0. The number of nitrogens with zero attached hydrogens (tertiary/aromatic N) is 2. The van der Waals surface area contributed by atoms with Crippen molar-refractivity contribution in [3.63, 3.8) is 0 Å². The van der Waals surface area contributed by atoms with Crippen molar-refractivity contribution in [2.24, 2.45) is 11.8 Å². The van der Waals surface area contributed by atoms with Gasteiger partial charge in [-0.15, -0.1) is 0 Å². The van der Waals surface area contributed by atoms with E-state index >= 15 is 0 Å². The van der Waals surface area contributed by atoms with Gasteiger partial charge < -0.3 is 9.88 Å². The maximum Gasteiger partial charge on any atom is 0.112 e. The molecule has 1 aromatic rings. The predicted octanol–water partition coefficient (Wildman–Crippen LogP) is 4.20. The Bertz CT molecular complexity index is 399. The first-order valence-electron chi connectivity index (χ1n) is 9.01. The maximum absolute atomic E-state index is 4.75. The molecule has 1 heterocycles. The van der Waals surface area contributed by atoms with Crippen LogP contribution in [0.15, 0.2) is 12.4 Å². The molecule has 1 N–H and O–H groups in total. The van der Waals surface area contributed by atoms with Crippen molar-refractivity contribution in [2.45, 2.75) is 71.8 Å². The number of imidazole rings is 1. The van der Waals surface area contributed by atoms with Crippen molar-refractivity contribution in [1.29, 1.82) is 0 Å². The summed E-state index contributed by atoms with van der Waals surface area (Å²) in [6.07, 6.45) is 12.2. The highest BCUT2D eigenvalue weighted by molar-refractivity contribution is 5.05. The van der Waals surface area contributed by atoms with Gasteiger partial charge in [-0.2, -0.15) is 0 Å². The van der Waals surface area contributed by atoms with Gasteiger partial charge in [0, 0.05) is 24.9 Å². The summed E-state index contributed by atoms with van der Waals surface area (Å²) in [5.41, 5.74) is 0. The molecule has 1 aliphatic carbocycles. The van der Waals surface area contributed by atoms with E-state index in [4.69, 9.17) is 4.98 Å². The van der Waals surface area contributed by atoms with Crippen LogP contribution in [-0.4, -0.2) is 22.6 Å². The highest BCUT2D eigenvalue weighted by Crippen LogP contribution is 2.41. The van der Waals surface area contributed by atoms with Crippen LogP contribution in [0.25, 0.3) is 0 Å². The van der Waals surface area contributed by atoms with E-state index in [0.717, 1.165) is 31.5 Å². The lowest BCUT2D eigenvalue weighted by Crippen LogP contribution is -2.33. The zero-order valence-electron chi connectivity index (χ0n) is 14.1. The molecule has 3 unspecified atom stereocenters. The SMILES string of the molecule is CCCC1CCC(CNCC)C(c2nccn2CCC)C1. The summed E-state index contributed by atoms with van der Waals surface area (Å²) >= 11 is 0. The van der Waals surface area contributed by atoms with Crippen molar-refractivity contribution < 1.29 is 0 Å². The van der Waals surface area contributed by atoms with E-state index < -0.39 is 0 Å². The Morgan fingerprint density at radius 3 is 2.81 bits per heavy atom. The number of aryl methyl sites for hydroxylation is 1. The minimum atomic E-state index is 0.649. The van der Waals surface area contributed by atoms with E-state index in [0.29, 0.717) is 5.92 Å². The number of nitrogens with one attached hydrogen (secondary N) is 1. The van der Waals surface area contributed by atoms with Crippen molar-refractivity contribution in [3.8, 4) is 0 Å². The second kappa shape index (κ2) is 8.57. The Hall–Kier alpha value is -0.830. The molecule has 0 bridgehead atoms. The lowest BCUT2D eigenvalue weighted by Gasteiger charge is -2.36. The lowest BCUT2D eigenvalue weighted by atomic mass is 9.72. The quantitative estimate of drug-likeness (QED) is 0.778. The first-order chi connectivity index (χ1) is 10.3. The largest absolute Gasteiger partial charge is 0.335 e. The molecule has 1 aliphatic rings. The summed E-state index contributed by atoms with van der Waals surface area (Å²) < 4.78 is 2.40. The molecule has 0 spiro atoms. The van der Waals surface area contributed by atoms with Gasteiger partial charge in [0.25, 0.3) is 0 Å². The zero-order chi connectivity index (χ0) is 15.1. The molecule has 1 aromatic heterocycles. The molecule has 1 saturated carbocycles. The van der Waals surface area contributed by atoms with Crippen molar-refractivity contribution in [1.82, 2.24) is 14.9 Å². The van der Waals surface area contributed by atoms with Crippen LogP contribution in [0.4, 0.5) is 0 Å². The Balaban J connectivity index is 2.13.